The van der Waals surface area contributed by atoms with Crippen molar-refractivity contribution in [2.24, 2.45) is 5.73 Å². The molecule has 1 heterocycles. The molecule has 0 atom stereocenters. The first kappa shape index (κ1) is 21.4. The van der Waals surface area contributed by atoms with Crippen molar-refractivity contribution < 1.29 is 23.5 Å². The molecule has 3 aromatic rings. The van der Waals surface area contributed by atoms with Gasteiger partial charge < -0.3 is 20.5 Å². The number of anilines is 1. The lowest BCUT2D eigenvalue weighted by Gasteiger charge is -2.10. The largest absolute Gasteiger partial charge is 0.493 e. The second-order valence-electron chi connectivity index (χ2n) is 6.29. The van der Waals surface area contributed by atoms with E-state index in [-0.39, 0.29) is 12.3 Å². The molecule has 0 aliphatic carbocycles. The minimum absolute atomic E-state index is 0.112. The zero-order valence-corrected chi connectivity index (χ0v) is 16.7. The molecule has 0 bridgehead atoms. The number of amides is 2. The lowest BCUT2D eigenvalue weighted by atomic mass is 10.2. The number of hydrogen-bond acceptors (Lipinski definition) is 7. The number of methoxy groups -OCH3 is 1. The number of aromatic nitrogens is 4. The smallest absolute Gasteiger partial charge is 0.255 e. The van der Waals surface area contributed by atoms with Crippen molar-refractivity contribution in [2.45, 2.75) is 6.92 Å². The fraction of sp³-hybridized carbons (Fsp3) is 0.150. The third kappa shape index (κ3) is 5.41. The van der Waals surface area contributed by atoms with Gasteiger partial charge in [-0.3, -0.25) is 9.59 Å². The molecule has 31 heavy (non-hydrogen) atoms. The average Bonchev–Trinajstić information content (AvgIpc) is 3.17. The maximum Gasteiger partial charge on any atom is 0.255 e. The second kappa shape index (κ2) is 9.48. The lowest BCUT2D eigenvalue weighted by Crippen LogP contribution is -2.20. The Morgan fingerprint density at radius 2 is 2.03 bits per heavy atom. The van der Waals surface area contributed by atoms with E-state index < -0.39 is 17.6 Å². The quantitative estimate of drug-likeness (QED) is 0.523. The number of hydrogen-bond donors (Lipinski definition) is 2. The summed E-state index contributed by atoms with van der Waals surface area (Å²) >= 11 is 0. The molecule has 11 heteroatoms. The van der Waals surface area contributed by atoms with Gasteiger partial charge in [0.25, 0.3) is 5.91 Å². The fourth-order valence-electron chi connectivity index (χ4n) is 2.62. The molecule has 0 aliphatic heterocycles. The minimum Gasteiger partial charge on any atom is -0.493 e. The maximum absolute atomic E-state index is 14.1. The van der Waals surface area contributed by atoms with Crippen LogP contribution < -0.4 is 20.5 Å². The van der Waals surface area contributed by atoms with E-state index in [1.807, 2.05) is 0 Å². The maximum atomic E-state index is 14.1. The number of carbonyl (C=O) groups excluding carboxylic acids is 2. The number of carbonyl (C=O) groups is 2. The number of nitrogens with zero attached hydrogens (tertiary/aromatic N) is 4. The highest BCUT2D eigenvalue weighted by Crippen LogP contribution is 2.28. The van der Waals surface area contributed by atoms with Gasteiger partial charge in [0.05, 0.1) is 7.11 Å². The van der Waals surface area contributed by atoms with Gasteiger partial charge in [-0.2, -0.15) is 4.68 Å². The van der Waals surface area contributed by atoms with Crippen LogP contribution in [0, 0.1) is 12.7 Å². The van der Waals surface area contributed by atoms with Gasteiger partial charge in [0.2, 0.25) is 5.91 Å². The first-order chi connectivity index (χ1) is 14.9. The van der Waals surface area contributed by atoms with Gasteiger partial charge in [-0.1, -0.05) is 6.07 Å². The highest BCUT2D eigenvalue weighted by atomic mass is 19.1. The number of nitrogens with one attached hydrogen (secondary N) is 1. The third-order valence-electron chi connectivity index (χ3n) is 4.05. The van der Waals surface area contributed by atoms with E-state index in [1.54, 1.807) is 31.2 Å². The van der Waals surface area contributed by atoms with Crippen LogP contribution in [0.15, 0.2) is 42.5 Å². The number of benzene rings is 2. The average molecular weight is 426 g/mol. The van der Waals surface area contributed by atoms with Gasteiger partial charge >= 0.3 is 0 Å². The van der Waals surface area contributed by atoms with Crippen molar-refractivity contribution in [2.75, 3.05) is 19.0 Å². The Hall–Kier alpha value is -4.28. The molecular formula is C20H19FN6O4. The summed E-state index contributed by atoms with van der Waals surface area (Å²) in [4.78, 5) is 23.1. The predicted octanol–water partition coefficient (Wildman–Crippen LogP) is 1.63. The minimum atomic E-state index is -0.609. The number of halogens is 1. The monoisotopic (exact) mass is 426 g/mol. The summed E-state index contributed by atoms with van der Waals surface area (Å²) in [6.07, 6.45) is 2.87. The summed E-state index contributed by atoms with van der Waals surface area (Å²) < 4.78 is 25.8. The number of tetrazole rings is 1. The Morgan fingerprint density at radius 1 is 1.23 bits per heavy atom. The Bertz CT molecular complexity index is 1140. The molecule has 2 amide bonds. The van der Waals surface area contributed by atoms with E-state index in [0.717, 1.165) is 0 Å². The fourth-order valence-corrected chi connectivity index (χ4v) is 2.62. The topological polar surface area (TPSA) is 134 Å². The molecule has 0 aliphatic rings. The van der Waals surface area contributed by atoms with Crippen molar-refractivity contribution in [1.82, 2.24) is 20.2 Å². The zero-order chi connectivity index (χ0) is 22.4. The molecule has 0 unspecified atom stereocenters. The van der Waals surface area contributed by atoms with Crippen LogP contribution >= 0.6 is 0 Å². The first-order valence-corrected chi connectivity index (χ1v) is 9.00. The SMILES string of the molecule is COc1cc(/C=C/C(=O)Nc2ccc(F)c(-n3nnnc3C)c2)ccc1OCC(N)=O. The number of rotatable bonds is 8. The highest BCUT2D eigenvalue weighted by Gasteiger charge is 2.11. The molecule has 0 saturated heterocycles. The van der Waals surface area contributed by atoms with E-state index in [9.17, 15) is 14.0 Å². The Morgan fingerprint density at radius 3 is 2.71 bits per heavy atom. The van der Waals surface area contributed by atoms with Crippen LogP contribution in [0.1, 0.15) is 11.4 Å². The summed E-state index contributed by atoms with van der Waals surface area (Å²) in [7, 11) is 1.45. The molecule has 1 aromatic heterocycles. The van der Waals surface area contributed by atoms with Gasteiger partial charge in [-0.25, -0.2) is 4.39 Å². The highest BCUT2D eigenvalue weighted by molar-refractivity contribution is 6.02. The first-order valence-electron chi connectivity index (χ1n) is 9.00. The molecule has 0 spiro atoms. The van der Waals surface area contributed by atoms with Crippen LogP contribution in [0.5, 0.6) is 11.5 Å². The summed E-state index contributed by atoms with van der Waals surface area (Å²) in [6, 6.07) is 8.98. The summed E-state index contributed by atoms with van der Waals surface area (Å²) in [5, 5.41) is 13.6. The Balaban J connectivity index is 1.71. The second-order valence-corrected chi connectivity index (χ2v) is 6.29. The summed E-state index contributed by atoms with van der Waals surface area (Å²) in [5.74, 6) is -0.446. The van der Waals surface area contributed by atoms with Crippen LogP contribution in [-0.2, 0) is 9.59 Å². The van der Waals surface area contributed by atoms with E-state index in [2.05, 4.69) is 20.8 Å². The van der Waals surface area contributed by atoms with Gasteiger partial charge in [0.1, 0.15) is 11.5 Å². The van der Waals surface area contributed by atoms with Crippen molar-refractivity contribution in [3.8, 4) is 17.2 Å². The van der Waals surface area contributed by atoms with E-state index in [1.165, 1.54) is 36.1 Å². The Labute approximate surface area is 176 Å². The van der Waals surface area contributed by atoms with Crippen LogP contribution in [0.3, 0.4) is 0 Å². The molecule has 3 rings (SSSR count). The van der Waals surface area contributed by atoms with Crippen molar-refractivity contribution in [3.05, 3.63) is 59.7 Å². The normalized spacial score (nSPS) is 10.8. The Kier molecular flexibility index (Phi) is 6.55. The molecule has 0 saturated carbocycles. The van der Waals surface area contributed by atoms with Crippen molar-refractivity contribution >= 4 is 23.6 Å². The van der Waals surface area contributed by atoms with Gasteiger partial charge in [-0.15, -0.1) is 5.10 Å². The number of nitrogens with two attached hydrogens (primary N) is 1. The third-order valence-corrected chi connectivity index (χ3v) is 4.05. The summed E-state index contributed by atoms with van der Waals surface area (Å²) in [6.45, 7) is 1.35. The van der Waals surface area contributed by atoms with Crippen LogP contribution in [0.25, 0.3) is 11.8 Å². The predicted molar refractivity (Wildman–Crippen MR) is 109 cm³/mol. The van der Waals surface area contributed by atoms with Crippen LogP contribution in [0.2, 0.25) is 0 Å². The molecule has 160 valence electrons. The molecule has 2 aromatic carbocycles. The van der Waals surface area contributed by atoms with E-state index >= 15 is 0 Å². The van der Waals surface area contributed by atoms with Gasteiger partial charge in [-0.05, 0) is 59.3 Å². The number of primary amides is 1. The summed E-state index contributed by atoms with van der Waals surface area (Å²) in [5.41, 5.74) is 6.20. The van der Waals surface area contributed by atoms with Crippen LogP contribution in [0.4, 0.5) is 10.1 Å². The van der Waals surface area contributed by atoms with Gasteiger partial charge in [0, 0.05) is 11.8 Å². The molecule has 10 nitrogen and oxygen atoms in total. The number of ether oxygens (including phenoxy) is 2. The molecule has 0 fully saturated rings. The number of aryl methyl sites for hydroxylation is 1. The lowest BCUT2D eigenvalue weighted by molar-refractivity contribution is -0.120. The van der Waals surface area contributed by atoms with Crippen molar-refractivity contribution in [3.63, 3.8) is 0 Å². The van der Waals surface area contributed by atoms with E-state index in [0.29, 0.717) is 28.6 Å². The van der Waals surface area contributed by atoms with Gasteiger partial charge in [0.15, 0.2) is 23.9 Å². The van der Waals surface area contributed by atoms with Crippen molar-refractivity contribution in [1.29, 1.82) is 0 Å². The molecule has 0 radical (unpaired) electrons. The molecular weight excluding hydrogens is 407 g/mol. The van der Waals surface area contributed by atoms with Crippen LogP contribution in [-0.4, -0.2) is 45.7 Å². The molecule has 3 N–H and O–H groups in total. The zero-order valence-electron chi connectivity index (χ0n) is 16.7. The van der Waals surface area contributed by atoms with E-state index in [4.69, 9.17) is 15.2 Å². The standard InChI is InChI=1S/C20H19FN6O4/c1-12-24-25-26-27(12)16-10-14(5-6-15(16)21)23-20(29)8-4-13-3-7-17(18(9-13)30-2)31-11-19(22)28/h3-10H,11H2,1-2H3,(H2,22,28)(H,23,29)/b8-4+.